The van der Waals surface area contributed by atoms with Crippen molar-refractivity contribution in [1.82, 2.24) is 4.90 Å². The molecule has 1 amide bonds. The highest BCUT2D eigenvalue weighted by Crippen LogP contribution is 2.21. The molecule has 6 heteroatoms. The third-order valence-electron chi connectivity index (χ3n) is 3.73. The molecule has 0 spiro atoms. The second-order valence-corrected chi connectivity index (χ2v) is 7.65. The zero-order valence-corrected chi connectivity index (χ0v) is 12.9. The van der Waals surface area contributed by atoms with Gasteiger partial charge in [0, 0.05) is 18.2 Å². The van der Waals surface area contributed by atoms with Gasteiger partial charge in [-0.3, -0.25) is 4.79 Å². The summed E-state index contributed by atoms with van der Waals surface area (Å²) in [5.74, 6) is -0.616. The van der Waals surface area contributed by atoms with Crippen molar-refractivity contribution in [2.24, 2.45) is 0 Å². The van der Waals surface area contributed by atoms with Crippen LogP contribution in [-0.4, -0.2) is 43.3 Å². The van der Waals surface area contributed by atoms with E-state index < -0.39 is 15.7 Å². The van der Waals surface area contributed by atoms with Crippen LogP contribution in [0.5, 0.6) is 0 Å². The Labute approximate surface area is 124 Å². The highest BCUT2D eigenvalue weighted by Gasteiger charge is 2.34. The number of nitrogens with zero attached hydrogens (tertiary/aromatic N) is 1. The van der Waals surface area contributed by atoms with Gasteiger partial charge in [-0.2, -0.15) is 0 Å². The molecule has 1 aromatic rings. The summed E-state index contributed by atoms with van der Waals surface area (Å²) in [5.41, 5.74) is 0.274. The Morgan fingerprint density at radius 1 is 1.43 bits per heavy atom. The molecule has 1 atom stereocenters. The zero-order valence-electron chi connectivity index (χ0n) is 12.1. The van der Waals surface area contributed by atoms with Gasteiger partial charge in [0.2, 0.25) is 0 Å². The van der Waals surface area contributed by atoms with Gasteiger partial charge in [-0.25, -0.2) is 12.8 Å². The van der Waals surface area contributed by atoms with Gasteiger partial charge < -0.3 is 4.90 Å². The lowest BCUT2D eigenvalue weighted by Crippen LogP contribution is -2.41. The first-order valence-corrected chi connectivity index (χ1v) is 9.02. The molecule has 1 unspecified atom stereocenters. The molecule has 0 radical (unpaired) electrons. The van der Waals surface area contributed by atoms with Crippen molar-refractivity contribution < 1.29 is 17.6 Å². The van der Waals surface area contributed by atoms with Crippen molar-refractivity contribution in [1.29, 1.82) is 0 Å². The molecule has 21 heavy (non-hydrogen) atoms. The van der Waals surface area contributed by atoms with Crippen molar-refractivity contribution in [2.75, 3.05) is 18.1 Å². The molecule has 1 heterocycles. The van der Waals surface area contributed by atoms with Crippen LogP contribution in [-0.2, 0) is 9.84 Å². The smallest absolute Gasteiger partial charge is 0.254 e. The van der Waals surface area contributed by atoms with Crippen LogP contribution in [0.1, 0.15) is 36.5 Å². The normalized spacial score (nSPS) is 20.4. The van der Waals surface area contributed by atoms with E-state index in [4.69, 9.17) is 0 Å². The maximum absolute atomic E-state index is 13.3. The predicted octanol–water partition coefficient (Wildman–Crippen LogP) is 2.26. The van der Waals surface area contributed by atoms with E-state index in [1.54, 1.807) is 11.0 Å². The molecule has 116 valence electrons. The average Bonchev–Trinajstić information content (AvgIpc) is 2.79. The number of hydrogen-bond acceptors (Lipinski definition) is 3. The average molecular weight is 313 g/mol. The summed E-state index contributed by atoms with van der Waals surface area (Å²) in [7, 11) is -3.06. The molecule has 4 nitrogen and oxygen atoms in total. The lowest BCUT2D eigenvalue weighted by Gasteiger charge is -2.28. The van der Waals surface area contributed by atoms with Crippen molar-refractivity contribution in [2.45, 2.75) is 32.2 Å². The summed E-state index contributed by atoms with van der Waals surface area (Å²) < 4.78 is 36.5. The van der Waals surface area contributed by atoms with Gasteiger partial charge in [0.05, 0.1) is 11.5 Å². The summed E-state index contributed by atoms with van der Waals surface area (Å²) in [6, 6.07) is 5.25. The van der Waals surface area contributed by atoms with Gasteiger partial charge in [-0.1, -0.05) is 19.4 Å². The Morgan fingerprint density at radius 2 is 2.19 bits per heavy atom. The molecule has 0 saturated carbocycles. The topological polar surface area (TPSA) is 54.5 Å². The third-order valence-corrected chi connectivity index (χ3v) is 5.48. The van der Waals surface area contributed by atoms with Gasteiger partial charge in [-0.15, -0.1) is 0 Å². The number of hydrogen-bond donors (Lipinski definition) is 0. The molecular formula is C15H20FNO3S. The SMILES string of the molecule is CCCCN(C(=O)c1cccc(F)c1)C1CCS(=O)(=O)C1. The van der Waals surface area contributed by atoms with Crippen molar-refractivity contribution in [3.63, 3.8) is 0 Å². The van der Waals surface area contributed by atoms with Crippen LogP contribution in [0, 0.1) is 5.82 Å². The number of halogens is 1. The van der Waals surface area contributed by atoms with Crippen LogP contribution in [0.25, 0.3) is 0 Å². The molecular weight excluding hydrogens is 293 g/mol. The molecule has 0 bridgehead atoms. The quantitative estimate of drug-likeness (QED) is 0.838. The molecule has 1 fully saturated rings. The summed E-state index contributed by atoms with van der Waals surface area (Å²) in [4.78, 5) is 14.2. The lowest BCUT2D eigenvalue weighted by molar-refractivity contribution is 0.0693. The fourth-order valence-corrected chi connectivity index (χ4v) is 4.32. The molecule has 1 aliphatic rings. The number of rotatable bonds is 5. The Bertz CT molecular complexity index is 615. The second kappa shape index (κ2) is 6.56. The number of carbonyl (C=O) groups excluding carboxylic acids is 1. The van der Waals surface area contributed by atoms with Crippen LogP contribution in [0.2, 0.25) is 0 Å². The Balaban J connectivity index is 2.21. The van der Waals surface area contributed by atoms with Gasteiger partial charge in [0.1, 0.15) is 5.82 Å². The molecule has 0 aromatic heterocycles. The van der Waals surface area contributed by atoms with E-state index >= 15 is 0 Å². The highest BCUT2D eigenvalue weighted by atomic mass is 32.2. The fourth-order valence-electron chi connectivity index (χ4n) is 2.59. The van der Waals surface area contributed by atoms with Crippen LogP contribution >= 0.6 is 0 Å². The van der Waals surface area contributed by atoms with E-state index in [0.717, 1.165) is 12.8 Å². The van der Waals surface area contributed by atoms with Crippen LogP contribution < -0.4 is 0 Å². The molecule has 1 aromatic carbocycles. The van der Waals surface area contributed by atoms with Crippen LogP contribution in [0.3, 0.4) is 0 Å². The Morgan fingerprint density at radius 3 is 2.76 bits per heavy atom. The van der Waals surface area contributed by atoms with Gasteiger partial charge >= 0.3 is 0 Å². The van der Waals surface area contributed by atoms with Gasteiger partial charge in [-0.05, 0) is 31.0 Å². The van der Waals surface area contributed by atoms with E-state index in [2.05, 4.69) is 0 Å². The molecule has 1 aliphatic heterocycles. The Hall–Kier alpha value is -1.43. The lowest BCUT2D eigenvalue weighted by atomic mass is 10.1. The zero-order chi connectivity index (χ0) is 15.5. The Kier molecular flexibility index (Phi) is 4.98. The van der Waals surface area contributed by atoms with E-state index in [0.29, 0.717) is 13.0 Å². The van der Waals surface area contributed by atoms with E-state index in [9.17, 15) is 17.6 Å². The first-order valence-electron chi connectivity index (χ1n) is 7.20. The number of unbranched alkanes of at least 4 members (excludes halogenated alkanes) is 1. The van der Waals surface area contributed by atoms with Gasteiger partial charge in [0.15, 0.2) is 9.84 Å². The van der Waals surface area contributed by atoms with Crippen molar-refractivity contribution >= 4 is 15.7 Å². The summed E-state index contributed by atoms with van der Waals surface area (Å²) in [6.45, 7) is 2.52. The van der Waals surface area contributed by atoms with Crippen molar-refractivity contribution in [3.8, 4) is 0 Å². The fraction of sp³-hybridized carbons (Fsp3) is 0.533. The maximum atomic E-state index is 13.3. The summed E-state index contributed by atoms with van der Waals surface area (Å²) in [5, 5.41) is 0. The molecule has 0 N–H and O–H groups in total. The van der Waals surface area contributed by atoms with Gasteiger partial charge in [0.25, 0.3) is 5.91 Å². The first-order chi connectivity index (χ1) is 9.93. The van der Waals surface area contributed by atoms with E-state index in [-0.39, 0.29) is 29.0 Å². The molecule has 2 rings (SSSR count). The van der Waals surface area contributed by atoms with Crippen molar-refractivity contribution in [3.05, 3.63) is 35.6 Å². The van der Waals surface area contributed by atoms with E-state index in [1.165, 1.54) is 18.2 Å². The number of benzene rings is 1. The second-order valence-electron chi connectivity index (χ2n) is 5.42. The first kappa shape index (κ1) is 15.9. The van der Waals surface area contributed by atoms with E-state index in [1.807, 2.05) is 6.92 Å². The monoisotopic (exact) mass is 313 g/mol. The minimum Gasteiger partial charge on any atom is -0.335 e. The standard InChI is InChI=1S/C15H20FNO3S/c1-2-3-8-17(14-7-9-21(19,20)11-14)15(18)12-5-4-6-13(16)10-12/h4-6,10,14H,2-3,7-9,11H2,1H3. The number of amides is 1. The predicted molar refractivity (Wildman–Crippen MR) is 79.4 cm³/mol. The third kappa shape index (κ3) is 4.03. The molecule has 0 aliphatic carbocycles. The summed E-state index contributed by atoms with van der Waals surface area (Å²) >= 11 is 0. The maximum Gasteiger partial charge on any atom is 0.254 e. The summed E-state index contributed by atoms with van der Waals surface area (Å²) in [6.07, 6.45) is 2.18. The largest absolute Gasteiger partial charge is 0.335 e. The number of sulfone groups is 1. The minimum absolute atomic E-state index is 0.0117. The highest BCUT2D eigenvalue weighted by molar-refractivity contribution is 7.91. The molecule has 1 saturated heterocycles. The van der Waals surface area contributed by atoms with Crippen LogP contribution in [0.4, 0.5) is 4.39 Å². The number of carbonyl (C=O) groups is 1. The minimum atomic E-state index is -3.06. The van der Waals surface area contributed by atoms with Crippen LogP contribution in [0.15, 0.2) is 24.3 Å².